The molecule has 9 heteroatoms. The van der Waals surface area contributed by atoms with Crippen LogP contribution in [0.25, 0.3) is 21.7 Å². The third-order valence-corrected chi connectivity index (χ3v) is 5.34. The van der Waals surface area contributed by atoms with Gasteiger partial charge in [-0.2, -0.15) is 5.10 Å². The minimum Gasteiger partial charge on any atom is -0.493 e. The fourth-order valence-corrected chi connectivity index (χ4v) is 3.75. The maximum atomic E-state index is 12.9. The number of nitrogens with one attached hydrogen (secondary N) is 2. The van der Waals surface area contributed by atoms with Crippen LogP contribution in [0.1, 0.15) is 5.56 Å². The lowest BCUT2D eigenvalue weighted by Crippen LogP contribution is -2.34. The minimum absolute atomic E-state index is 0.200. The molecule has 2 aromatic heterocycles. The first-order valence-corrected chi connectivity index (χ1v) is 10.0. The topological polar surface area (TPSA) is 98.2 Å². The molecule has 0 aliphatic heterocycles. The highest BCUT2D eigenvalue weighted by Crippen LogP contribution is 2.32. The van der Waals surface area contributed by atoms with E-state index in [9.17, 15) is 9.59 Å². The molecule has 0 saturated carbocycles. The summed E-state index contributed by atoms with van der Waals surface area (Å²) in [7, 11) is 2.96. The van der Waals surface area contributed by atoms with E-state index in [-0.39, 0.29) is 12.5 Å². The fraction of sp³-hybridized carbons (Fsp3) is 0.227. The lowest BCUT2D eigenvalue weighted by atomic mass is 10.1. The van der Waals surface area contributed by atoms with Gasteiger partial charge in [0, 0.05) is 34.1 Å². The molecular weight excluding hydrogens is 420 g/mol. The van der Waals surface area contributed by atoms with E-state index in [2.05, 4.69) is 15.4 Å². The normalized spacial score (nSPS) is 11.1. The molecule has 0 bridgehead atoms. The molecule has 0 aliphatic carbocycles. The molecule has 2 heterocycles. The maximum absolute atomic E-state index is 12.9. The molecule has 2 N–H and O–H groups in total. The van der Waals surface area contributed by atoms with Crippen LogP contribution in [0.15, 0.2) is 47.5 Å². The van der Waals surface area contributed by atoms with Gasteiger partial charge in [0.2, 0.25) is 5.91 Å². The number of rotatable bonds is 7. The molecule has 160 valence electrons. The summed E-state index contributed by atoms with van der Waals surface area (Å²) in [5.74, 6) is 0.446. The molecule has 2 aromatic carbocycles. The van der Waals surface area contributed by atoms with Gasteiger partial charge >= 0.3 is 0 Å². The number of ether oxygens (including phenoxy) is 2. The number of amides is 1. The fourth-order valence-electron chi connectivity index (χ4n) is 3.58. The van der Waals surface area contributed by atoms with Crippen LogP contribution in [0.5, 0.6) is 11.5 Å². The van der Waals surface area contributed by atoms with Crippen molar-refractivity contribution in [1.29, 1.82) is 0 Å². The number of methoxy groups -OCH3 is 2. The standard InChI is InChI=1S/C22H21ClN4O4/c1-30-18-6-3-14-11-26-27(22(29)20(14)21(18)31-2)12-19(28)24-8-7-13-10-25-17-5-4-15(23)9-16(13)17/h3-6,9-11,25H,7-8,12H2,1-2H3,(H,24,28). The maximum Gasteiger partial charge on any atom is 0.279 e. The highest BCUT2D eigenvalue weighted by molar-refractivity contribution is 6.31. The summed E-state index contributed by atoms with van der Waals surface area (Å²) in [6.07, 6.45) is 4.06. The quantitative estimate of drug-likeness (QED) is 0.460. The Hall–Kier alpha value is -3.52. The van der Waals surface area contributed by atoms with E-state index in [1.54, 1.807) is 12.1 Å². The number of hydrogen-bond donors (Lipinski definition) is 2. The van der Waals surface area contributed by atoms with Crippen molar-refractivity contribution in [2.45, 2.75) is 13.0 Å². The molecular formula is C22H21ClN4O4. The number of H-pyrrole nitrogens is 1. The van der Waals surface area contributed by atoms with Gasteiger partial charge < -0.3 is 19.8 Å². The van der Waals surface area contributed by atoms with Crippen LogP contribution in [0.3, 0.4) is 0 Å². The Bertz CT molecular complexity index is 1330. The van der Waals surface area contributed by atoms with Crippen LogP contribution >= 0.6 is 11.6 Å². The first kappa shape index (κ1) is 20.7. The predicted octanol–water partition coefficient (Wildman–Crippen LogP) is 2.91. The molecule has 0 aliphatic rings. The van der Waals surface area contributed by atoms with Gasteiger partial charge in [-0.25, -0.2) is 4.68 Å². The molecule has 0 fully saturated rings. The van der Waals surface area contributed by atoms with E-state index in [1.165, 1.54) is 20.4 Å². The van der Waals surface area contributed by atoms with Gasteiger partial charge in [-0.1, -0.05) is 11.6 Å². The lowest BCUT2D eigenvalue weighted by molar-refractivity contribution is -0.121. The zero-order valence-electron chi connectivity index (χ0n) is 17.1. The Kier molecular flexibility index (Phi) is 5.81. The van der Waals surface area contributed by atoms with Crippen molar-refractivity contribution in [3.63, 3.8) is 0 Å². The molecule has 0 radical (unpaired) electrons. The molecule has 0 saturated heterocycles. The van der Waals surface area contributed by atoms with Crippen LogP contribution in [-0.2, 0) is 17.8 Å². The smallest absolute Gasteiger partial charge is 0.279 e. The number of aromatic nitrogens is 3. The van der Waals surface area contributed by atoms with Crippen LogP contribution in [0, 0.1) is 0 Å². The number of halogens is 1. The average molecular weight is 441 g/mol. The van der Waals surface area contributed by atoms with Crippen molar-refractivity contribution in [1.82, 2.24) is 20.1 Å². The zero-order valence-corrected chi connectivity index (χ0v) is 17.8. The minimum atomic E-state index is -0.422. The Labute approximate surface area is 182 Å². The average Bonchev–Trinajstić information content (AvgIpc) is 3.16. The number of carbonyl (C=O) groups is 1. The van der Waals surface area contributed by atoms with E-state index in [1.807, 2.05) is 24.4 Å². The van der Waals surface area contributed by atoms with E-state index in [0.29, 0.717) is 40.3 Å². The van der Waals surface area contributed by atoms with Crippen LogP contribution in [0.2, 0.25) is 5.02 Å². The number of aromatic amines is 1. The van der Waals surface area contributed by atoms with Crippen LogP contribution < -0.4 is 20.3 Å². The van der Waals surface area contributed by atoms with E-state index >= 15 is 0 Å². The molecule has 31 heavy (non-hydrogen) atoms. The monoisotopic (exact) mass is 440 g/mol. The van der Waals surface area contributed by atoms with Gasteiger partial charge in [0.25, 0.3) is 5.56 Å². The summed E-state index contributed by atoms with van der Waals surface area (Å²) in [5, 5.41) is 9.56. The van der Waals surface area contributed by atoms with Crippen LogP contribution in [0.4, 0.5) is 0 Å². The summed E-state index contributed by atoms with van der Waals surface area (Å²) in [6.45, 7) is 0.215. The van der Waals surface area contributed by atoms with Crippen molar-refractivity contribution in [3.05, 3.63) is 63.7 Å². The van der Waals surface area contributed by atoms with Gasteiger partial charge in [0.15, 0.2) is 11.5 Å². The summed E-state index contributed by atoms with van der Waals surface area (Å²) in [6, 6.07) is 9.07. The lowest BCUT2D eigenvalue weighted by Gasteiger charge is -2.12. The van der Waals surface area contributed by atoms with Gasteiger partial charge in [0.05, 0.1) is 25.8 Å². The molecule has 4 aromatic rings. The Morgan fingerprint density at radius 2 is 2.06 bits per heavy atom. The molecule has 4 rings (SSSR count). The van der Waals surface area contributed by atoms with Crippen molar-refractivity contribution in [2.75, 3.05) is 20.8 Å². The van der Waals surface area contributed by atoms with Crippen molar-refractivity contribution in [2.24, 2.45) is 0 Å². The second-order valence-corrected chi connectivity index (χ2v) is 7.41. The second kappa shape index (κ2) is 8.69. The number of fused-ring (bicyclic) bond motifs is 2. The molecule has 0 unspecified atom stereocenters. The van der Waals surface area contributed by atoms with Crippen LogP contribution in [-0.4, -0.2) is 41.4 Å². The third-order valence-electron chi connectivity index (χ3n) is 5.10. The number of benzene rings is 2. The first-order chi connectivity index (χ1) is 15.0. The van der Waals surface area contributed by atoms with Gasteiger partial charge in [-0.05, 0) is 42.3 Å². The third kappa shape index (κ3) is 4.06. The molecule has 0 atom stereocenters. The number of hydrogen-bond acceptors (Lipinski definition) is 5. The van der Waals surface area contributed by atoms with E-state index < -0.39 is 5.56 Å². The van der Waals surface area contributed by atoms with Crippen molar-refractivity contribution >= 4 is 39.2 Å². The largest absolute Gasteiger partial charge is 0.493 e. The van der Waals surface area contributed by atoms with Gasteiger partial charge in [-0.3, -0.25) is 9.59 Å². The SMILES string of the molecule is COc1ccc2cnn(CC(=O)NCCc3c[nH]c4ccc(Cl)cc34)c(=O)c2c1OC. The zero-order chi connectivity index (χ0) is 22.0. The van der Waals surface area contributed by atoms with Crippen molar-refractivity contribution < 1.29 is 14.3 Å². The number of nitrogens with zero attached hydrogens (tertiary/aromatic N) is 2. The first-order valence-electron chi connectivity index (χ1n) is 9.65. The molecule has 8 nitrogen and oxygen atoms in total. The van der Waals surface area contributed by atoms with Gasteiger partial charge in [0.1, 0.15) is 6.54 Å². The summed E-state index contributed by atoms with van der Waals surface area (Å²) in [4.78, 5) is 28.5. The highest BCUT2D eigenvalue weighted by Gasteiger charge is 2.16. The van der Waals surface area contributed by atoms with E-state index in [0.717, 1.165) is 21.1 Å². The second-order valence-electron chi connectivity index (χ2n) is 6.98. The highest BCUT2D eigenvalue weighted by atomic mass is 35.5. The summed E-state index contributed by atoms with van der Waals surface area (Å²) in [5.41, 5.74) is 1.62. The summed E-state index contributed by atoms with van der Waals surface area (Å²) < 4.78 is 11.7. The van der Waals surface area contributed by atoms with E-state index in [4.69, 9.17) is 21.1 Å². The number of carbonyl (C=O) groups excluding carboxylic acids is 1. The Balaban J connectivity index is 1.47. The van der Waals surface area contributed by atoms with Gasteiger partial charge in [-0.15, -0.1) is 0 Å². The summed E-state index contributed by atoms with van der Waals surface area (Å²) >= 11 is 6.08. The predicted molar refractivity (Wildman–Crippen MR) is 119 cm³/mol. The Morgan fingerprint density at radius 1 is 1.23 bits per heavy atom. The van der Waals surface area contributed by atoms with Crippen molar-refractivity contribution in [3.8, 4) is 11.5 Å². The molecule has 1 amide bonds. The molecule has 0 spiro atoms. The Morgan fingerprint density at radius 3 is 2.84 bits per heavy atom.